The fraction of sp³-hybridized carbons (Fsp3) is 0.522. The Hall–Kier alpha value is -1.65. The molecule has 4 saturated carbocycles. The van der Waals surface area contributed by atoms with Crippen LogP contribution in [0.4, 0.5) is 0 Å². The number of benzene rings is 1. The number of carbonyl (C=O) groups is 1. The molecule has 0 radical (unpaired) electrons. The van der Waals surface area contributed by atoms with Gasteiger partial charge in [0.05, 0.1) is 6.54 Å². The Balaban J connectivity index is 1.23. The summed E-state index contributed by atoms with van der Waals surface area (Å²) < 4.78 is 0. The predicted octanol–water partition coefficient (Wildman–Crippen LogP) is 4.66. The van der Waals surface area contributed by atoms with Gasteiger partial charge in [-0.25, -0.2) is 0 Å². The van der Waals surface area contributed by atoms with Gasteiger partial charge in [0, 0.05) is 15.2 Å². The van der Waals surface area contributed by atoms with Crippen molar-refractivity contribution in [3.8, 4) is 0 Å². The van der Waals surface area contributed by atoms with E-state index in [1.165, 1.54) is 19.3 Å². The molecule has 3 nitrogen and oxygen atoms in total. The van der Waals surface area contributed by atoms with Crippen molar-refractivity contribution in [2.75, 3.05) is 0 Å². The Morgan fingerprint density at radius 3 is 2.30 bits per heavy atom. The van der Waals surface area contributed by atoms with Crippen LogP contribution in [-0.2, 0) is 11.3 Å². The number of hydrogen-bond acceptors (Lipinski definition) is 3. The average Bonchev–Trinajstić information content (AvgIpc) is 3.14. The summed E-state index contributed by atoms with van der Waals surface area (Å²) in [5.41, 5.74) is 0.821. The lowest BCUT2D eigenvalue weighted by atomic mass is 9.49. The summed E-state index contributed by atoms with van der Waals surface area (Å²) in [6, 6.07) is 13.7. The third kappa shape index (κ3) is 3.23. The molecule has 142 valence electrons. The lowest BCUT2D eigenvalue weighted by molar-refractivity contribution is -0.146. The van der Waals surface area contributed by atoms with E-state index in [1.807, 2.05) is 42.5 Å². The van der Waals surface area contributed by atoms with E-state index in [9.17, 15) is 9.90 Å². The number of carbonyl (C=O) groups excluding carboxylic acids is 1. The zero-order valence-electron chi connectivity index (χ0n) is 15.6. The molecule has 27 heavy (non-hydrogen) atoms. The molecule has 2 N–H and O–H groups in total. The van der Waals surface area contributed by atoms with Gasteiger partial charge in [-0.1, -0.05) is 30.3 Å². The lowest BCUT2D eigenvalue weighted by Crippen LogP contribution is -2.53. The normalized spacial score (nSPS) is 32.4. The Bertz CT molecular complexity index is 793. The zero-order chi connectivity index (χ0) is 18.4. The van der Waals surface area contributed by atoms with Crippen LogP contribution >= 0.6 is 11.3 Å². The first-order valence-corrected chi connectivity index (χ1v) is 11.0. The topological polar surface area (TPSA) is 49.3 Å². The molecule has 4 bridgehead atoms. The number of amides is 1. The second-order valence-corrected chi connectivity index (χ2v) is 10.2. The fourth-order valence-electron chi connectivity index (χ4n) is 6.18. The highest BCUT2D eigenvalue weighted by Gasteiger charge is 2.54. The van der Waals surface area contributed by atoms with Gasteiger partial charge >= 0.3 is 0 Å². The third-order valence-electron chi connectivity index (χ3n) is 7.01. The first kappa shape index (κ1) is 17.4. The van der Waals surface area contributed by atoms with Crippen molar-refractivity contribution in [1.82, 2.24) is 5.32 Å². The smallest absolute Gasteiger partial charge is 0.226 e. The summed E-state index contributed by atoms with van der Waals surface area (Å²) in [5, 5.41) is 13.8. The first-order chi connectivity index (χ1) is 13.1. The number of aliphatic hydroxyl groups is 1. The Kier molecular flexibility index (Phi) is 4.36. The highest BCUT2D eigenvalue weighted by atomic mass is 32.1. The Morgan fingerprint density at radius 2 is 1.67 bits per heavy atom. The van der Waals surface area contributed by atoms with Crippen molar-refractivity contribution in [1.29, 1.82) is 0 Å². The SMILES string of the molecule is O=C(NCc1ccc([C@@H](O)c2ccccc2)s1)C12CC3CC(CC(C3)C1)C2. The maximum atomic E-state index is 13.1. The number of hydrogen-bond donors (Lipinski definition) is 2. The van der Waals surface area contributed by atoms with E-state index in [1.54, 1.807) is 11.3 Å². The maximum absolute atomic E-state index is 13.1. The number of aliphatic hydroxyl groups excluding tert-OH is 1. The molecule has 4 aliphatic carbocycles. The molecule has 2 aromatic rings. The molecule has 0 spiro atoms. The molecule has 6 rings (SSSR count). The van der Waals surface area contributed by atoms with E-state index in [2.05, 4.69) is 5.32 Å². The minimum atomic E-state index is -0.594. The van der Waals surface area contributed by atoms with Gasteiger partial charge in [0.15, 0.2) is 0 Å². The summed E-state index contributed by atoms with van der Waals surface area (Å²) in [6.07, 6.45) is 6.80. The van der Waals surface area contributed by atoms with Crippen LogP contribution in [0, 0.1) is 23.2 Å². The summed E-state index contributed by atoms with van der Waals surface area (Å²) in [7, 11) is 0. The van der Waals surface area contributed by atoms with Crippen molar-refractivity contribution in [3.05, 3.63) is 57.8 Å². The largest absolute Gasteiger partial charge is 0.383 e. The molecular formula is C23H27NO2S. The number of rotatable bonds is 5. The van der Waals surface area contributed by atoms with E-state index in [4.69, 9.17) is 0 Å². The molecule has 0 saturated heterocycles. The number of thiophene rings is 1. The molecule has 4 aliphatic rings. The Morgan fingerprint density at radius 1 is 1.04 bits per heavy atom. The second-order valence-electron chi connectivity index (χ2n) is 9.00. The van der Waals surface area contributed by atoms with Crippen LogP contribution in [0.25, 0.3) is 0 Å². The molecule has 4 heteroatoms. The molecule has 1 aromatic heterocycles. The first-order valence-electron chi connectivity index (χ1n) is 10.2. The summed E-state index contributed by atoms with van der Waals surface area (Å²) >= 11 is 1.59. The van der Waals surface area contributed by atoms with Crippen molar-refractivity contribution < 1.29 is 9.90 Å². The summed E-state index contributed by atoms with van der Waals surface area (Å²) in [6.45, 7) is 0.576. The summed E-state index contributed by atoms with van der Waals surface area (Å²) in [5.74, 6) is 2.64. The quantitative estimate of drug-likeness (QED) is 0.791. The summed E-state index contributed by atoms with van der Waals surface area (Å²) in [4.78, 5) is 15.1. The van der Waals surface area contributed by atoms with Crippen LogP contribution in [0.15, 0.2) is 42.5 Å². The molecule has 1 amide bonds. The van der Waals surface area contributed by atoms with Crippen molar-refractivity contribution >= 4 is 17.2 Å². The van der Waals surface area contributed by atoms with E-state index in [0.717, 1.165) is 52.3 Å². The minimum Gasteiger partial charge on any atom is -0.383 e. The fourth-order valence-corrected chi connectivity index (χ4v) is 7.15. The average molecular weight is 382 g/mol. The van der Waals surface area contributed by atoms with Gasteiger partial charge in [-0.15, -0.1) is 11.3 Å². The van der Waals surface area contributed by atoms with Gasteiger partial charge in [-0.3, -0.25) is 4.79 Å². The van der Waals surface area contributed by atoms with Gasteiger partial charge < -0.3 is 10.4 Å². The van der Waals surface area contributed by atoms with E-state index < -0.39 is 6.10 Å². The molecule has 1 aromatic carbocycles. The minimum absolute atomic E-state index is 0.0849. The molecule has 0 unspecified atom stereocenters. The van der Waals surface area contributed by atoms with Gasteiger partial charge in [-0.2, -0.15) is 0 Å². The monoisotopic (exact) mass is 381 g/mol. The third-order valence-corrected chi connectivity index (χ3v) is 8.15. The van der Waals surface area contributed by atoms with Gasteiger partial charge in [0.2, 0.25) is 5.91 Å². The molecule has 1 atom stereocenters. The highest BCUT2D eigenvalue weighted by molar-refractivity contribution is 7.12. The molecular weight excluding hydrogens is 354 g/mol. The lowest BCUT2D eigenvalue weighted by Gasteiger charge is -2.55. The number of nitrogens with one attached hydrogen (secondary N) is 1. The van der Waals surface area contributed by atoms with Gasteiger partial charge in [0.1, 0.15) is 6.10 Å². The second kappa shape index (κ2) is 6.75. The van der Waals surface area contributed by atoms with Crippen molar-refractivity contribution in [2.45, 2.75) is 51.2 Å². The molecule has 1 heterocycles. The van der Waals surface area contributed by atoms with Crippen molar-refractivity contribution in [3.63, 3.8) is 0 Å². The maximum Gasteiger partial charge on any atom is 0.226 e. The van der Waals surface area contributed by atoms with Crippen LogP contribution in [-0.4, -0.2) is 11.0 Å². The molecule has 0 aliphatic heterocycles. The van der Waals surface area contributed by atoms with E-state index in [0.29, 0.717) is 6.54 Å². The van der Waals surface area contributed by atoms with Gasteiger partial charge in [-0.05, 0) is 74.0 Å². The van der Waals surface area contributed by atoms with Gasteiger partial charge in [0.25, 0.3) is 0 Å². The van der Waals surface area contributed by atoms with Crippen LogP contribution in [0.3, 0.4) is 0 Å². The predicted molar refractivity (Wildman–Crippen MR) is 107 cm³/mol. The van der Waals surface area contributed by atoms with Crippen LogP contribution in [0.5, 0.6) is 0 Å². The standard InChI is InChI=1S/C23H27NO2S/c25-21(18-4-2-1-3-5-18)20-7-6-19(27-20)14-24-22(26)23-11-15-8-16(12-23)10-17(9-15)13-23/h1-7,15-17,21,25H,8-14H2,(H,24,26)/t15?,16?,17?,21-,23?/m0/s1. The van der Waals surface area contributed by atoms with E-state index >= 15 is 0 Å². The van der Waals surface area contributed by atoms with Crippen LogP contribution < -0.4 is 5.32 Å². The van der Waals surface area contributed by atoms with Crippen molar-refractivity contribution in [2.24, 2.45) is 23.2 Å². The molecule has 4 fully saturated rings. The highest BCUT2D eigenvalue weighted by Crippen LogP contribution is 2.60. The Labute approximate surface area is 164 Å². The zero-order valence-corrected chi connectivity index (χ0v) is 16.4. The van der Waals surface area contributed by atoms with Crippen LogP contribution in [0.1, 0.15) is 59.9 Å². The van der Waals surface area contributed by atoms with Crippen LogP contribution in [0.2, 0.25) is 0 Å². The van der Waals surface area contributed by atoms with E-state index in [-0.39, 0.29) is 11.3 Å².